The van der Waals surface area contributed by atoms with Gasteiger partial charge in [-0.05, 0) is 30.0 Å². The van der Waals surface area contributed by atoms with Gasteiger partial charge >= 0.3 is 5.97 Å². The molecule has 1 N–H and O–H groups in total. The molecule has 0 saturated carbocycles. The van der Waals surface area contributed by atoms with Crippen LogP contribution in [0, 0.1) is 0 Å². The highest BCUT2D eigenvalue weighted by atomic mass is 35.5. The molecule has 0 bridgehead atoms. The summed E-state index contributed by atoms with van der Waals surface area (Å²) >= 11 is 5.88. The number of aliphatic carboxylic acids is 1. The molecule has 0 aliphatic rings. The number of carboxylic acids is 1. The molecule has 0 fully saturated rings. The molecule has 0 aromatic heterocycles. The first-order valence-electron chi connectivity index (χ1n) is 5.10. The SMILES string of the molecule is CCCC(CC(=O)O)c1cccc(Cl)c1. The van der Waals surface area contributed by atoms with E-state index in [-0.39, 0.29) is 12.3 Å². The van der Waals surface area contributed by atoms with Crippen molar-refractivity contribution < 1.29 is 9.90 Å². The fourth-order valence-corrected chi connectivity index (χ4v) is 1.91. The topological polar surface area (TPSA) is 37.3 Å². The Kier molecular flexibility index (Phi) is 4.63. The number of rotatable bonds is 5. The lowest BCUT2D eigenvalue weighted by Gasteiger charge is -2.14. The van der Waals surface area contributed by atoms with Crippen molar-refractivity contribution >= 4 is 17.6 Å². The summed E-state index contributed by atoms with van der Waals surface area (Å²) in [6, 6.07) is 7.46. The van der Waals surface area contributed by atoms with Gasteiger partial charge in [-0.15, -0.1) is 0 Å². The van der Waals surface area contributed by atoms with Gasteiger partial charge in [0.2, 0.25) is 0 Å². The fourth-order valence-electron chi connectivity index (χ4n) is 1.71. The molecule has 0 spiro atoms. The average Bonchev–Trinajstić information content (AvgIpc) is 2.16. The molecule has 0 aliphatic heterocycles. The van der Waals surface area contributed by atoms with Crippen molar-refractivity contribution in [1.29, 1.82) is 0 Å². The van der Waals surface area contributed by atoms with E-state index in [2.05, 4.69) is 6.92 Å². The normalized spacial score (nSPS) is 12.4. The molecule has 1 aromatic rings. The number of carbonyl (C=O) groups is 1. The van der Waals surface area contributed by atoms with E-state index >= 15 is 0 Å². The molecule has 1 aromatic carbocycles. The molecule has 0 aliphatic carbocycles. The van der Waals surface area contributed by atoms with E-state index in [0.29, 0.717) is 5.02 Å². The van der Waals surface area contributed by atoms with Crippen LogP contribution in [0.4, 0.5) is 0 Å². The summed E-state index contributed by atoms with van der Waals surface area (Å²) in [4.78, 5) is 10.7. The Morgan fingerprint density at radius 2 is 2.27 bits per heavy atom. The van der Waals surface area contributed by atoms with Crippen molar-refractivity contribution in [2.45, 2.75) is 32.1 Å². The van der Waals surface area contributed by atoms with Gasteiger partial charge in [-0.3, -0.25) is 4.79 Å². The van der Waals surface area contributed by atoms with Crippen LogP contribution in [0.3, 0.4) is 0 Å². The molecule has 1 unspecified atom stereocenters. The van der Waals surface area contributed by atoms with Gasteiger partial charge in [0, 0.05) is 5.02 Å². The molecule has 1 rings (SSSR count). The van der Waals surface area contributed by atoms with Gasteiger partial charge < -0.3 is 5.11 Å². The van der Waals surface area contributed by atoms with Crippen LogP contribution in [0.1, 0.15) is 37.7 Å². The molecule has 2 nitrogen and oxygen atoms in total. The molecule has 0 amide bonds. The Morgan fingerprint density at radius 1 is 1.53 bits per heavy atom. The summed E-state index contributed by atoms with van der Waals surface area (Å²) < 4.78 is 0. The zero-order valence-corrected chi connectivity index (χ0v) is 9.50. The monoisotopic (exact) mass is 226 g/mol. The maximum absolute atomic E-state index is 10.7. The van der Waals surface area contributed by atoms with E-state index in [1.54, 1.807) is 6.07 Å². The number of halogens is 1. The van der Waals surface area contributed by atoms with Crippen LogP contribution >= 0.6 is 11.6 Å². The maximum atomic E-state index is 10.7. The second-order valence-electron chi connectivity index (χ2n) is 3.64. The molecule has 15 heavy (non-hydrogen) atoms. The largest absolute Gasteiger partial charge is 0.481 e. The van der Waals surface area contributed by atoms with Crippen molar-refractivity contribution in [3.63, 3.8) is 0 Å². The predicted octanol–water partition coefficient (Wildman–Crippen LogP) is 3.70. The summed E-state index contributed by atoms with van der Waals surface area (Å²) in [6.45, 7) is 2.05. The first kappa shape index (κ1) is 12.1. The van der Waals surface area contributed by atoms with Crippen LogP contribution in [0.5, 0.6) is 0 Å². The van der Waals surface area contributed by atoms with Crippen LogP contribution in [0.15, 0.2) is 24.3 Å². The van der Waals surface area contributed by atoms with Crippen molar-refractivity contribution in [2.24, 2.45) is 0 Å². The third kappa shape index (κ3) is 3.92. The first-order valence-corrected chi connectivity index (χ1v) is 5.48. The van der Waals surface area contributed by atoms with Crippen LogP contribution < -0.4 is 0 Å². The molecule has 82 valence electrons. The Balaban J connectivity index is 2.83. The van der Waals surface area contributed by atoms with Gasteiger partial charge in [0.25, 0.3) is 0 Å². The van der Waals surface area contributed by atoms with Crippen molar-refractivity contribution in [3.8, 4) is 0 Å². The quantitative estimate of drug-likeness (QED) is 0.831. The maximum Gasteiger partial charge on any atom is 0.303 e. The van der Waals surface area contributed by atoms with E-state index in [1.165, 1.54) is 0 Å². The highest BCUT2D eigenvalue weighted by molar-refractivity contribution is 6.30. The minimum absolute atomic E-state index is 0.0752. The summed E-state index contributed by atoms with van der Waals surface area (Å²) in [5.41, 5.74) is 1.02. The van der Waals surface area contributed by atoms with Gasteiger partial charge in [-0.2, -0.15) is 0 Å². The number of hydrogen-bond donors (Lipinski definition) is 1. The summed E-state index contributed by atoms with van der Waals surface area (Å²) in [6.07, 6.45) is 2.03. The van der Waals surface area contributed by atoms with Crippen LogP contribution in [0.25, 0.3) is 0 Å². The number of hydrogen-bond acceptors (Lipinski definition) is 1. The Bertz CT molecular complexity index is 336. The molecular weight excluding hydrogens is 212 g/mol. The van der Waals surface area contributed by atoms with Crippen LogP contribution in [-0.2, 0) is 4.79 Å². The lowest BCUT2D eigenvalue weighted by Crippen LogP contribution is -2.06. The van der Waals surface area contributed by atoms with Gasteiger partial charge in [-0.1, -0.05) is 37.1 Å². The molecule has 0 radical (unpaired) electrons. The Morgan fingerprint density at radius 3 is 2.80 bits per heavy atom. The highest BCUT2D eigenvalue weighted by Crippen LogP contribution is 2.26. The van der Waals surface area contributed by atoms with E-state index in [9.17, 15) is 4.79 Å². The Labute approximate surface area is 94.9 Å². The molecule has 0 heterocycles. The van der Waals surface area contributed by atoms with Crippen molar-refractivity contribution in [2.75, 3.05) is 0 Å². The first-order chi connectivity index (χ1) is 7.13. The third-order valence-corrected chi connectivity index (χ3v) is 2.61. The summed E-state index contributed by atoms with van der Waals surface area (Å²) in [7, 11) is 0. The van der Waals surface area contributed by atoms with E-state index < -0.39 is 5.97 Å². The minimum atomic E-state index is -0.756. The van der Waals surface area contributed by atoms with Gasteiger partial charge in [0.1, 0.15) is 0 Å². The molecule has 0 saturated heterocycles. The van der Waals surface area contributed by atoms with E-state index in [4.69, 9.17) is 16.7 Å². The zero-order chi connectivity index (χ0) is 11.3. The van der Waals surface area contributed by atoms with E-state index in [1.807, 2.05) is 18.2 Å². The molecule has 1 atom stereocenters. The van der Waals surface area contributed by atoms with Gasteiger partial charge in [0.05, 0.1) is 6.42 Å². The summed E-state index contributed by atoms with van der Waals surface area (Å²) in [5, 5.41) is 9.47. The predicted molar refractivity (Wildman–Crippen MR) is 61.4 cm³/mol. The smallest absolute Gasteiger partial charge is 0.303 e. The van der Waals surface area contributed by atoms with Crippen molar-refractivity contribution in [3.05, 3.63) is 34.9 Å². The number of carboxylic acid groups (broad SMARTS) is 1. The van der Waals surface area contributed by atoms with E-state index in [0.717, 1.165) is 18.4 Å². The highest BCUT2D eigenvalue weighted by Gasteiger charge is 2.14. The fraction of sp³-hybridized carbons (Fsp3) is 0.417. The average molecular weight is 227 g/mol. The second kappa shape index (κ2) is 5.76. The lowest BCUT2D eigenvalue weighted by molar-refractivity contribution is -0.137. The Hall–Kier alpha value is -1.02. The molecule has 3 heteroatoms. The zero-order valence-electron chi connectivity index (χ0n) is 8.74. The lowest BCUT2D eigenvalue weighted by atomic mass is 9.91. The second-order valence-corrected chi connectivity index (χ2v) is 4.07. The standard InChI is InChI=1S/C12H15ClO2/c1-2-4-9(8-12(14)15)10-5-3-6-11(13)7-10/h3,5-7,9H,2,4,8H2,1H3,(H,14,15). The minimum Gasteiger partial charge on any atom is -0.481 e. The third-order valence-electron chi connectivity index (χ3n) is 2.38. The van der Waals surface area contributed by atoms with Gasteiger partial charge in [0.15, 0.2) is 0 Å². The van der Waals surface area contributed by atoms with Gasteiger partial charge in [-0.25, -0.2) is 0 Å². The summed E-state index contributed by atoms with van der Waals surface area (Å²) in [5.74, 6) is -0.681. The van der Waals surface area contributed by atoms with Crippen LogP contribution in [-0.4, -0.2) is 11.1 Å². The van der Waals surface area contributed by atoms with Crippen molar-refractivity contribution in [1.82, 2.24) is 0 Å². The number of benzene rings is 1. The molecular formula is C12H15ClO2. The van der Waals surface area contributed by atoms with Crippen LogP contribution in [0.2, 0.25) is 5.02 Å².